The number of aromatic nitrogens is 1. The lowest BCUT2D eigenvalue weighted by Crippen LogP contribution is -2.11. The molecule has 5 aromatic rings. The van der Waals surface area contributed by atoms with E-state index in [1.807, 2.05) is 11.8 Å². The first-order valence-electron chi connectivity index (χ1n) is 10.7. The molecule has 1 aromatic heterocycles. The lowest BCUT2D eigenvalue weighted by Gasteiger charge is -2.21. The van der Waals surface area contributed by atoms with Crippen LogP contribution in [0, 0.1) is 6.92 Å². The summed E-state index contributed by atoms with van der Waals surface area (Å²) in [6.07, 6.45) is 2.35. The predicted octanol–water partition coefficient (Wildman–Crippen LogP) is 7.88. The zero-order chi connectivity index (χ0) is 21.0. The zero-order valence-corrected chi connectivity index (χ0v) is 18.4. The molecule has 4 aromatic carbocycles. The third-order valence-corrected chi connectivity index (χ3v) is 6.95. The Balaban J connectivity index is 1.61. The maximum absolute atomic E-state index is 2.44. The van der Waals surface area contributed by atoms with Crippen LogP contribution in [0.25, 0.3) is 10.9 Å². The molecule has 2 heteroatoms. The van der Waals surface area contributed by atoms with Crippen LogP contribution < -0.4 is 0 Å². The van der Waals surface area contributed by atoms with Crippen molar-refractivity contribution in [2.75, 3.05) is 0 Å². The number of aryl methyl sites for hydroxylation is 1. The summed E-state index contributed by atoms with van der Waals surface area (Å²) in [6.45, 7) is 2.19. The molecule has 0 unspecified atom stereocenters. The van der Waals surface area contributed by atoms with Gasteiger partial charge in [0, 0.05) is 22.2 Å². The van der Waals surface area contributed by atoms with E-state index in [4.69, 9.17) is 0 Å². The van der Waals surface area contributed by atoms with Gasteiger partial charge in [-0.15, -0.1) is 11.8 Å². The van der Waals surface area contributed by atoms with Crippen LogP contribution in [-0.2, 0) is 5.75 Å². The molecule has 0 spiro atoms. The number of rotatable bonds is 6. The molecule has 0 aliphatic carbocycles. The van der Waals surface area contributed by atoms with Gasteiger partial charge in [-0.25, -0.2) is 0 Å². The smallest absolute Gasteiger partial charge is 0.0839 e. The second kappa shape index (κ2) is 8.87. The van der Waals surface area contributed by atoms with Gasteiger partial charge in [-0.3, -0.25) is 0 Å². The van der Waals surface area contributed by atoms with Crippen LogP contribution in [0.1, 0.15) is 28.3 Å². The lowest BCUT2D eigenvalue weighted by atomic mass is 9.98. The summed E-state index contributed by atoms with van der Waals surface area (Å²) in [6, 6.07) is 39.2. The third kappa shape index (κ3) is 4.04. The number of para-hydroxylation sites is 1. The number of nitrogens with zero attached hydrogens (tertiary/aromatic N) is 1. The molecule has 31 heavy (non-hydrogen) atoms. The molecule has 0 bridgehead atoms. The molecule has 0 saturated carbocycles. The van der Waals surface area contributed by atoms with E-state index in [0.717, 1.165) is 5.75 Å². The normalized spacial score (nSPS) is 11.3. The van der Waals surface area contributed by atoms with E-state index in [0.29, 0.717) is 0 Å². The Bertz CT molecular complexity index is 1250. The first kappa shape index (κ1) is 19.7. The van der Waals surface area contributed by atoms with Gasteiger partial charge in [0.05, 0.1) is 11.6 Å². The fourth-order valence-corrected chi connectivity index (χ4v) is 5.36. The second-order valence-corrected chi connectivity index (χ2v) is 8.87. The summed E-state index contributed by atoms with van der Waals surface area (Å²) >= 11 is 1.92. The Hall–Kier alpha value is -3.23. The fourth-order valence-electron chi connectivity index (χ4n) is 4.21. The Morgan fingerprint density at radius 1 is 0.677 bits per heavy atom. The molecule has 0 aliphatic rings. The van der Waals surface area contributed by atoms with Crippen molar-refractivity contribution in [3.05, 3.63) is 138 Å². The average molecular weight is 420 g/mol. The van der Waals surface area contributed by atoms with Gasteiger partial charge in [-0.2, -0.15) is 0 Å². The number of benzene rings is 4. The van der Waals surface area contributed by atoms with Gasteiger partial charge >= 0.3 is 0 Å². The van der Waals surface area contributed by atoms with Crippen LogP contribution in [0.3, 0.4) is 0 Å². The zero-order valence-electron chi connectivity index (χ0n) is 17.6. The average Bonchev–Trinajstić information content (AvgIpc) is 3.19. The van der Waals surface area contributed by atoms with Crippen molar-refractivity contribution in [1.82, 2.24) is 4.57 Å². The second-order valence-electron chi connectivity index (χ2n) is 7.86. The quantitative estimate of drug-likeness (QED) is 0.253. The van der Waals surface area contributed by atoms with Crippen molar-refractivity contribution < 1.29 is 0 Å². The first-order chi connectivity index (χ1) is 15.3. The van der Waals surface area contributed by atoms with Crippen molar-refractivity contribution in [1.29, 1.82) is 0 Å². The van der Waals surface area contributed by atoms with Crippen LogP contribution in [0.4, 0.5) is 0 Å². The molecule has 0 saturated heterocycles. The topological polar surface area (TPSA) is 4.93 Å². The summed E-state index contributed by atoms with van der Waals surface area (Å²) in [4.78, 5) is 1.33. The molecule has 0 fully saturated rings. The molecule has 1 nitrogen and oxygen atoms in total. The van der Waals surface area contributed by atoms with Gasteiger partial charge < -0.3 is 4.57 Å². The minimum atomic E-state index is 0.139. The summed E-state index contributed by atoms with van der Waals surface area (Å²) in [7, 11) is 0. The Labute approximate surface area is 188 Å². The first-order valence-corrected chi connectivity index (χ1v) is 11.7. The summed E-state index contributed by atoms with van der Waals surface area (Å²) in [5, 5.41) is 1.32. The lowest BCUT2D eigenvalue weighted by molar-refractivity contribution is 0.701. The van der Waals surface area contributed by atoms with Crippen LogP contribution in [0.2, 0.25) is 0 Å². The minimum absolute atomic E-state index is 0.139. The minimum Gasteiger partial charge on any atom is -0.335 e. The van der Waals surface area contributed by atoms with Crippen molar-refractivity contribution in [2.24, 2.45) is 0 Å². The molecular weight excluding hydrogens is 394 g/mol. The van der Waals surface area contributed by atoms with E-state index in [1.54, 1.807) is 0 Å². The number of thioether (sulfide) groups is 1. The van der Waals surface area contributed by atoms with Gasteiger partial charge in [0.1, 0.15) is 0 Å². The van der Waals surface area contributed by atoms with Crippen molar-refractivity contribution in [3.8, 4) is 0 Å². The number of hydrogen-bond acceptors (Lipinski definition) is 1. The van der Waals surface area contributed by atoms with Gasteiger partial charge in [-0.05, 0) is 35.2 Å². The van der Waals surface area contributed by atoms with Crippen LogP contribution in [-0.4, -0.2) is 4.57 Å². The van der Waals surface area contributed by atoms with Crippen LogP contribution in [0.5, 0.6) is 0 Å². The molecule has 0 radical (unpaired) electrons. The van der Waals surface area contributed by atoms with Gasteiger partial charge in [0.15, 0.2) is 0 Å². The standard InChI is InChI=1S/C29H25NS/c1-22-12-8-9-17-25(22)21-31-28-20-30(27-19-11-10-18-26(27)28)29(23-13-4-2-5-14-23)24-15-6-3-7-16-24/h2-20,29H,21H2,1H3. The summed E-state index contributed by atoms with van der Waals surface area (Å²) < 4.78 is 2.44. The Kier molecular flexibility index (Phi) is 5.64. The van der Waals surface area contributed by atoms with E-state index in [9.17, 15) is 0 Å². The predicted molar refractivity (Wildman–Crippen MR) is 133 cm³/mol. The SMILES string of the molecule is Cc1ccccc1CSc1cn(C(c2ccccc2)c2ccccc2)c2ccccc12. The Morgan fingerprint density at radius 2 is 1.26 bits per heavy atom. The van der Waals surface area contributed by atoms with Gasteiger partial charge in [0.2, 0.25) is 0 Å². The number of fused-ring (bicyclic) bond motifs is 1. The third-order valence-electron chi connectivity index (χ3n) is 5.86. The molecule has 0 N–H and O–H groups in total. The maximum Gasteiger partial charge on any atom is 0.0839 e. The highest BCUT2D eigenvalue weighted by atomic mass is 32.2. The summed E-state index contributed by atoms with van der Waals surface area (Å²) in [5.41, 5.74) is 6.61. The number of hydrogen-bond donors (Lipinski definition) is 0. The largest absolute Gasteiger partial charge is 0.335 e. The molecule has 0 atom stereocenters. The molecule has 5 rings (SSSR count). The fraction of sp³-hybridized carbons (Fsp3) is 0.103. The van der Waals surface area contributed by atoms with Gasteiger partial charge in [-0.1, -0.05) is 103 Å². The van der Waals surface area contributed by atoms with Crippen molar-refractivity contribution >= 4 is 22.7 Å². The van der Waals surface area contributed by atoms with Gasteiger partial charge in [0.25, 0.3) is 0 Å². The highest BCUT2D eigenvalue weighted by molar-refractivity contribution is 7.98. The molecule has 0 amide bonds. The van der Waals surface area contributed by atoms with E-state index in [2.05, 4.69) is 127 Å². The highest BCUT2D eigenvalue weighted by Crippen LogP contribution is 2.37. The van der Waals surface area contributed by atoms with Crippen LogP contribution >= 0.6 is 11.8 Å². The van der Waals surface area contributed by atoms with Crippen LogP contribution in [0.15, 0.2) is 120 Å². The van der Waals surface area contributed by atoms with Crippen molar-refractivity contribution in [2.45, 2.75) is 23.6 Å². The summed E-state index contributed by atoms with van der Waals surface area (Å²) in [5.74, 6) is 0.974. The molecule has 0 aliphatic heterocycles. The molecule has 152 valence electrons. The highest BCUT2D eigenvalue weighted by Gasteiger charge is 2.20. The molecular formula is C29H25NS. The van der Waals surface area contributed by atoms with Crippen molar-refractivity contribution in [3.63, 3.8) is 0 Å². The Morgan fingerprint density at radius 3 is 1.94 bits per heavy atom. The maximum atomic E-state index is 2.44. The van der Waals surface area contributed by atoms with E-state index in [1.165, 1.54) is 38.1 Å². The molecule has 1 heterocycles. The van der Waals surface area contributed by atoms with E-state index >= 15 is 0 Å². The monoisotopic (exact) mass is 419 g/mol. The van der Waals surface area contributed by atoms with E-state index < -0.39 is 0 Å². The van der Waals surface area contributed by atoms with E-state index in [-0.39, 0.29) is 6.04 Å².